The number of aromatic hydroxyl groups is 1. The van der Waals surface area contributed by atoms with Crippen LogP contribution in [0.5, 0.6) is 5.75 Å². The minimum absolute atomic E-state index is 0.00675. The Morgan fingerprint density at radius 2 is 1.91 bits per heavy atom. The number of carboxylic acid groups (broad SMARTS) is 1. The summed E-state index contributed by atoms with van der Waals surface area (Å²) in [5, 5.41) is 43.0. The van der Waals surface area contributed by atoms with Gasteiger partial charge < -0.3 is 46.0 Å². The number of oxime groups is 1. The Morgan fingerprint density at radius 1 is 1.22 bits per heavy atom. The first-order valence-electron chi connectivity index (χ1n) is 15.6. The number of rotatable bonds is 12. The summed E-state index contributed by atoms with van der Waals surface area (Å²) in [7, 11) is -5.19. The summed E-state index contributed by atoms with van der Waals surface area (Å²) in [5.41, 5.74) is 1.67. The number of carbonyl (C=O) groups is 5. The average molecular weight is 796 g/mol. The Bertz CT molecular complexity index is 2260. The van der Waals surface area contributed by atoms with E-state index in [4.69, 9.17) is 15.1 Å². The molecule has 2 aliphatic rings. The van der Waals surface area contributed by atoms with Gasteiger partial charge in [-0.2, -0.15) is 13.1 Å². The number of nitrogens with zero attached hydrogens (tertiary/aromatic N) is 6. The number of thiazole rings is 1. The van der Waals surface area contributed by atoms with Gasteiger partial charge >= 0.3 is 16.3 Å². The number of aliphatic carboxylic acids is 1. The van der Waals surface area contributed by atoms with Crippen molar-refractivity contribution in [3.05, 3.63) is 55.8 Å². The maximum atomic E-state index is 13.3. The number of nitrogens with one attached hydrogen (secondary N) is 2. The zero-order valence-electron chi connectivity index (χ0n) is 28.7. The van der Waals surface area contributed by atoms with E-state index in [-0.39, 0.29) is 56.6 Å². The van der Waals surface area contributed by atoms with Gasteiger partial charge in [-0.25, -0.2) is 14.1 Å². The quantitative estimate of drug-likeness (QED) is 0.0363. The first-order chi connectivity index (χ1) is 25.1. The van der Waals surface area contributed by atoms with Gasteiger partial charge in [0.15, 0.2) is 22.3 Å². The summed E-state index contributed by atoms with van der Waals surface area (Å²) in [6.07, 6.45) is 0.345. The number of nitrogens with two attached hydrogens (primary N) is 1. The standard InChI is InChI=1S/C29H33N9O14S2/c1-11-20(37(47)12(2)22(40)21(11)39)26(44)36-6-5-13(9-36)14-7-17(51-34-14)23(41)31-8-16-19(25(43)38(16)54(48,49)50)33-24(42)18(15-10-53-28(30)32-15)35-52-29(3,4)27(45)46/h7,10,13,16,19,40,47H,5-6,8-9H2,1-4H3,(H2,30,32)(H,31,41)(H,33,42)(H,45,46)(H,48,49,50)/b35-18-/t13-,16-,19?/m1/s1. The van der Waals surface area contributed by atoms with Crippen LogP contribution in [-0.4, -0.2) is 125 Å². The van der Waals surface area contributed by atoms with Crippen LogP contribution in [0.25, 0.3) is 0 Å². The highest BCUT2D eigenvalue weighted by molar-refractivity contribution is 7.84. The Hall–Kier alpha value is -6.08. The number of amides is 4. The fourth-order valence-corrected chi connectivity index (χ4v) is 6.93. The third-order valence-corrected chi connectivity index (χ3v) is 10.3. The average Bonchev–Trinajstić information content (AvgIpc) is 3.88. The van der Waals surface area contributed by atoms with Crippen molar-refractivity contribution >= 4 is 62.1 Å². The van der Waals surface area contributed by atoms with Gasteiger partial charge in [-0.1, -0.05) is 10.3 Å². The smallest absolute Gasteiger partial charge is 0.362 e. The minimum Gasteiger partial charge on any atom is -0.503 e. The van der Waals surface area contributed by atoms with E-state index in [0.717, 1.165) is 25.2 Å². The highest BCUT2D eigenvalue weighted by Gasteiger charge is 2.54. The van der Waals surface area contributed by atoms with E-state index < -0.39 is 86.9 Å². The molecule has 0 spiro atoms. The highest BCUT2D eigenvalue weighted by Crippen LogP contribution is 2.29. The van der Waals surface area contributed by atoms with Crippen molar-refractivity contribution in [2.24, 2.45) is 5.16 Å². The summed E-state index contributed by atoms with van der Waals surface area (Å²) in [6.45, 7) is 4.38. The van der Waals surface area contributed by atoms with Crippen LogP contribution in [0.3, 0.4) is 0 Å². The Balaban J connectivity index is 1.27. The molecule has 2 fully saturated rings. The second kappa shape index (κ2) is 14.4. The topological polar surface area (TPSA) is 339 Å². The van der Waals surface area contributed by atoms with Crippen LogP contribution in [0.4, 0.5) is 5.13 Å². The molecule has 0 aliphatic carbocycles. The lowest BCUT2D eigenvalue weighted by atomic mass is 9.98. The van der Waals surface area contributed by atoms with Crippen molar-refractivity contribution in [2.75, 3.05) is 25.4 Å². The molecule has 0 saturated carbocycles. The molecule has 25 heteroatoms. The molecule has 5 heterocycles. The van der Waals surface area contributed by atoms with E-state index in [9.17, 15) is 57.2 Å². The fraction of sp³-hybridized carbons (Fsp3) is 0.414. The Morgan fingerprint density at radius 3 is 2.52 bits per heavy atom. The number of carbonyl (C=O) groups excluding carboxylic acids is 4. The number of hydrogen-bond donors (Lipinski definition) is 7. The summed E-state index contributed by atoms with van der Waals surface area (Å²) < 4.78 is 39.4. The van der Waals surface area contributed by atoms with Crippen molar-refractivity contribution in [2.45, 2.75) is 57.7 Å². The molecule has 0 aromatic carbocycles. The molecule has 3 atom stereocenters. The monoisotopic (exact) mass is 795 g/mol. The molecule has 2 saturated heterocycles. The molecule has 4 amide bonds. The fourth-order valence-electron chi connectivity index (χ4n) is 5.51. The van der Waals surface area contributed by atoms with Crippen molar-refractivity contribution in [3.63, 3.8) is 0 Å². The van der Waals surface area contributed by atoms with Crippen LogP contribution >= 0.6 is 11.3 Å². The summed E-state index contributed by atoms with van der Waals surface area (Å²) in [6, 6.07) is -1.98. The number of hydrogen-bond acceptors (Lipinski definition) is 17. The number of β-lactam (4-membered cyclic amide) rings is 1. The molecule has 0 bridgehead atoms. The third kappa shape index (κ3) is 7.40. The number of nitrogen functional groups attached to an aromatic ring is 1. The molecular weight excluding hydrogens is 763 g/mol. The summed E-state index contributed by atoms with van der Waals surface area (Å²) in [5.74, 6) is -7.03. The lowest BCUT2D eigenvalue weighted by Gasteiger charge is -2.44. The van der Waals surface area contributed by atoms with E-state index in [0.29, 0.717) is 11.2 Å². The normalized spacial score (nSPS) is 19.0. The molecular formula is C29H33N9O14S2. The van der Waals surface area contributed by atoms with Crippen LogP contribution in [-0.2, 0) is 29.5 Å². The molecule has 2 aliphatic heterocycles. The Labute approximate surface area is 307 Å². The Kier molecular flexibility index (Phi) is 10.4. The van der Waals surface area contributed by atoms with Gasteiger partial charge in [0.2, 0.25) is 16.8 Å². The number of pyridine rings is 1. The number of anilines is 1. The first kappa shape index (κ1) is 39.1. The van der Waals surface area contributed by atoms with E-state index in [1.54, 1.807) is 0 Å². The van der Waals surface area contributed by atoms with Crippen LogP contribution in [0.1, 0.15) is 69.9 Å². The zero-order valence-corrected chi connectivity index (χ0v) is 30.3. The van der Waals surface area contributed by atoms with E-state index in [1.165, 1.54) is 30.2 Å². The molecule has 3 aromatic rings. The molecule has 54 heavy (non-hydrogen) atoms. The van der Waals surface area contributed by atoms with Gasteiger partial charge in [0.25, 0.3) is 23.6 Å². The summed E-state index contributed by atoms with van der Waals surface area (Å²) in [4.78, 5) is 86.5. The largest absolute Gasteiger partial charge is 0.503 e. The van der Waals surface area contributed by atoms with Gasteiger partial charge in [0.05, 0.1) is 11.7 Å². The molecule has 23 nitrogen and oxygen atoms in total. The molecule has 1 unspecified atom stereocenters. The predicted molar refractivity (Wildman–Crippen MR) is 181 cm³/mol. The predicted octanol–water partition coefficient (Wildman–Crippen LogP) is -1.42. The van der Waals surface area contributed by atoms with Crippen LogP contribution < -0.4 is 21.8 Å². The van der Waals surface area contributed by atoms with E-state index in [2.05, 4.69) is 25.9 Å². The van der Waals surface area contributed by atoms with Crippen LogP contribution in [0, 0.1) is 13.8 Å². The second-order valence-electron chi connectivity index (χ2n) is 12.7. The van der Waals surface area contributed by atoms with Crippen LogP contribution in [0.2, 0.25) is 0 Å². The van der Waals surface area contributed by atoms with Crippen molar-refractivity contribution in [1.82, 2.24) is 34.7 Å². The van der Waals surface area contributed by atoms with Gasteiger partial charge in [-0.3, -0.25) is 28.5 Å². The number of aromatic nitrogens is 3. The van der Waals surface area contributed by atoms with Gasteiger partial charge in [-0.15, -0.1) is 11.3 Å². The third-order valence-electron chi connectivity index (χ3n) is 8.67. The SMILES string of the molecule is Cc1c(C(=O)N2CC[C@@H](c3cc(C(=O)NC[C@@H]4C(NC(=O)/C(=N\OC(C)(C)C(=O)O)c5csc(N)n5)C(=O)N4S(=O)(=O)O)on3)C2)n(O)c(C)c(O)c1=O. The van der Waals surface area contributed by atoms with E-state index in [1.807, 2.05) is 0 Å². The minimum atomic E-state index is -5.19. The van der Waals surface area contributed by atoms with Crippen molar-refractivity contribution in [1.29, 1.82) is 0 Å². The molecule has 3 aromatic heterocycles. The van der Waals surface area contributed by atoms with Gasteiger partial charge in [0, 0.05) is 42.6 Å². The van der Waals surface area contributed by atoms with E-state index >= 15 is 0 Å². The molecule has 5 rings (SSSR count). The second-order valence-corrected chi connectivity index (χ2v) is 14.8. The number of carboxylic acids is 1. The van der Waals surface area contributed by atoms with Gasteiger partial charge in [-0.05, 0) is 34.1 Å². The molecule has 8 N–H and O–H groups in total. The maximum absolute atomic E-state index is 13.3. The van der Waals surface area contributed by atoms with Crippen molar-refractivity contribution in [3.8, 4) is 5.75 Å². The van der Waals surface area contributed by atoms with Crippen LogP contribution in [0.15, 0.2) is 25.9 Å². The molecule has 0 radical (unpaired) electrons. The lowest BCUT2D eigenvalue weighted by Crippen LogP contribution is -2.74. The first-order valence-corrected chi connectivity index (χ1v) is 17.9. The van der Waals surface area contributed by atoms with Gasteiger partial charge in [0.1, 0.15) is 17.4 Å². The zero-order chi connectivity index (χ0) is 40.0. The lowest BCUT2D eigenvalue weighted by molar-refractivity contribution is -0.161. The number of likely N-dealkylation sites (tertiary alicyclic amines) is 1. The van der Waals surface area contributed by atoms with Crippen molar-refractivity contribution < 1.29 is 61.7 Å². The maximum Gasteiger partial charge on any atom is 0.362 e. The highest BCUT2D eigenvalue weighted by atomic mass is 32.2. The summed E-state index contributed by atoms with van der Waals surface area (Å²) >= 11 is 0.894. The molecule has 290 valence electrons.